The number of thiophene rings is 1. The summed E-state index contributed by atoms with van der Waals surface area (Å²) in [6.45, 7) is 0.448. The van der Waals surface area contributed by atoms with E-state index in [4.69, 9.17) is 0 Å². The van der Waals surface area contributed by atoms with Gasteiger partial charge < -0.3 is 5.32 Å². The molecule has 0 aliphatic carbocycles. The van der Waals surface area contributed by atoms with E-state index in [2.05, 4.69) is 22.4 Å². The molecule has 1 amide bonds. The topological polar surface area (TPSA) is 64.0 Å². The van der Waals surface area contributed by atoms with Crippen LogP contribution in [0, 0.1) is 5.82 Å². The minimum absolute atomic E-state index is 0.0915. The van der Waals surface area contributed by atoms with Crippen LogP contribution in [0.2, 0.25) is 0 Å². The Morgan fingerprint density at radius 3 is 2.63 bits per heavy atom. The van der Waals surface area contributed by atoms with Gasteiger partial charge in [0.25, 0.3) is 5.56 Å². The zero-order chi connectivity index (χ0) is 20.9. The molecule has 0 fully saturated rings. The van der Waals surface area contributed by atoms with Crippen LogP contribution >= 0.6 is 11.3 Å². The zero-order valence-corrected chi connectivity index (χ0v) is 17.0. The molecule has 2 heterocycles. The Kier molecular flexibility index (Phi) is 5.99. The number of carbonyl (C=O) groups excluding carboxylic acids is 1. The maximum Gasteiger partial charge on any atom is 0.263 e. The fourth-order valence-electron chi connectivity index (χ4n) is 3.30. The highest BCUT2D eigenvalue weighted by Crippen LogP contribution is 2.30. The monoisotopic (exact) mass is 421 g/mol. The number of rotatable bonds is 7. The van der Waals surface area contributed by atoms with E-state index in [1.54, 1.807) is 12.1 Å². The normalized spacial score (nSPS) is 11.0. The molecule has 30 heavy (non-hydrogen) atoms. The summed E-state index contributed by atoms with van der Waals surface area (Å²) < 4.78 is 14.5. The van der Waals surface area contributed by atoms with Crippen LogP contribution in [0.1, 0.15) is 12.0 Å². The second-order valence-corrected chi connectivity index (χ2v) is 7.81. The van der Waals surface area contributed by atoms with Gasteiger partial charge in [-0.2, -0.15) is 0 Å². The molecular weight excluding hydrogens is 401 g/mol. The Balaban J connectivity index is 1.44. The zero-order valence-electron chi connectivity index (χ0n) is 16.2. The highest BCUT2D eigenvalue weighted by atomic mass is 32.1. The molecule has 0 spiro atoms. The predicted octanol–water partition coefficient (Wildman–Crippen LogP) is 4.01. The Hall–Kier alpha value is -3.32. The fourth-order valence-corrected chi connectivity index (χ4v) is 4.20. The number of hydrogen-bond acceptors (Lipinski definition) is 4. The molecule has 0 saturated heterocycles. The van der Waals surface area contributed by atoms with Gasteiger partial charge in [-0.3, -0.25) is 14.2 Å². The number of amides is 1. The lowest BCUT2D eigenvalue weighted by Crippen LogP contribution is -2.33. The summed E-state index contributed by atoms with van der Waals surface area (Å²) in [4.78, 5) is 30.2. The van der Waals surface area contributed by atoms with Crippen molar-refractivity contribution >= 4 is 27.5 Å². The van der Waals surface area contributed by atoms with Gasteiger partial charge in [-0.25, -0.2) is 9.37 Å². The number of halogens is 1. The molecule has 0 unspecified atom stereocenters. The van der Waals surface area contributed by atoms with E-state index in [0.29, 0.717) is 22.3 Å². The highest BCUT2D eigenvalue weighted by molar-refractivity contribution is 7.17. The second kappa shape index (κ2) is 9.00. The first-order valence-electron chi connectivity index (χ1n) is 9.65. The number of carbonyl (C=O) groups is 1. The molecule has 0 radical (unpaired) electrons. The molecule has 0 atom stereocenters. The molecule has 2 aromatic heterocycles. The minimum Gasteiger partial charge on any atom is -0.355 e. The first-order valence-corrected chi connectivity index (χ1v) is 10.5. The van der Waals surface area contributed by atoms with Gasteiger partial charge in [-0.05, 0) is 36.1 Å². The van der Waals surface area contributed by atoms with E-state index < -0.39 is 0 Å². The van der Waals surface area contributed by atoms with Crippen LogP contribution < -0.4 is 10.9 Å². The molecule has 0 saturated carbocycles. The third-order valence-electron chi connectivity index (χ3n) is 4.84. The van der Waals surface area contributed by atoms with Gasteiger partial charge in [0, 0.05) is 17.5 Å². The third kappa shape index (κ3) is 4.46. The number of aromatic nitrogens is 2. The minimum atomic E-state index is -0.335. The average Bonchev–Trinajstić information content (AvgIpc) is 3.19. The number of hydrogen-bond donors (Lipinski definition) is 1. The molecule has 0 aliphatic heterocycles. The van der Waals surface area contributed by atoms with Crippen LogP contribution in [0.25, 0.3) is 21.3 Å². The third-order valence-corrected chi connectivity index (χ3v) is 5.72. The van der Waals surface area contributed by atoms with Crippen LogP contribution in [-0.2, 0) is 17.8 Å². The van der Waals surface area contributed by atoms with E-state index >= 15 is 0 Å². The largest absolute Gasteiger partial charge is 0.355 e. The SMILES string of the molecule is O=C(Cn1cnc2scc(-c3ccc(F)cc3)c2c1=O)NCCCc1ccccc1. The summed E-state index contributed by atoms with van der Waals surface area (Å²) in [5, 5.41) is 5.14. The quantitative estimate of drug-likeness (QED) is 0.459. The van der Waals surface area contributed by atoms with E-state index in [1.165, 1.54) is 39.9 Å². The van der Waals surface area contributed by atoms with Crippen molar-refractivity contribution < 1.29 is 9.18 Å². The summed E-state index contributed by atoms with van der Waals surface area (Å²) in [6, 6.07) is 16.1. The standard InChI is InChI=1S/C23H20FN3O2S/c24-18-10-8-17(9-11-18)19-14-30-22-21(19)23(29)27(15-26-22)13-20(28)25-12-4-7-16-5-2-1-3-6-16/h1-3,5-6,8-11,14-15H,4,7,12-13H2,(H,25,28). The van der Waals surface area contributed by atoms with E-state index in [9.17, 15) is 14.0 Å². The smallest absolute Gasteiger partial charge is 0.263 e. The number of aryl methyl sites for hydroxylation is 1. The first kappa shape index (κ1) is 20.0. The summed E-state index contributed by atoms with van der Waals surface area (Å²) >= 11 is 1.35. The lowest BCUT2D eigenvalue weighted by molar-refractivity contribution is -0.121. The maximum absolute atomic E-state index is 13.2. The molecule has 0 bridgehead atoms. The lowest BCUT2D eigenvalue weighted by Gasteiger charge is -2.08. The Labute approximate surface area is 176 Å². The van der Waals surface area contributed by atoms with Crippen LogP contribution in [0.5, 0.6) is 0 Å². The van der Waals surface area contributed by atoms with Crippen molar-refractivity contribution in [1.29, 1.82) is 0 Å². The Bertz CT molecular complexity index is 1220. The fraction of sp³-hybridized carbons (Fsp3) is 0.174. The van der Waals surface area contributed by atoms with Gasteiger partial charge in [0.2, 0.25) is 5.91 Å². The van der Waals surface area contributed by atoms with E-state index in [1.807, 2.05) is 23.6 Å². The van der Waals surface area contributed by atoms with Gasteiger partial charge in [0.05, 0.1) is 11.7 Å². The van der Waals surface area contributed by atoms with Crippen molar-refractivity contribution in [3.05, 3.63) is 88.0 Å². The Morgan fingerprint density at radius 2 is 1.87 bits per heavy atom. The van der Waals surface area contributed by atoms with Gasteiger partial charge in [-0.15, -0.1) is 11.3 Å². The van der Waals surface area contributed by atoms with Crippen molar-refractivity contribution in [3.8, 4) is 11.1 Å². The molecule has 7 heteroatoms. The second-order valence-electron chi connectivity index (χ2n) is 6.95. The summed E-state index contributed by atoms with van der Waals surface area (Å²) in [7, 11) is 0. The van der Waals surface area contributed by atoms with Crippen molar-refractivity contribution in [2.45, 2.75) is 19.4 Å². The van der Waals surface area contributed by atoms with Crippen LogP contribution in [0.4, 0.5) is 4.39 Å². The number of benzene rings is 2. The van der Waals surface area contributed by atoms with Crippen molar-refractivity contribution in [2.24, 2.45) is 0 Å². The van der Waals surface area contributed by atoms with Crippen LogP contribution in [-0.4, -0.2) is 22.0 Å². The number of nitrogens with zero attached hydrogens (tertiary/aromatic N) is 2. The number of fused-ring (bicyclic) bond motifs is 1. The molecule has 1 N–H and O–H groups in total. The van der Waals surface area contributed by atoms with Crippen LogP contribution in [0.3, 0.4) is 0 Å². The number of nitrogens with one attached hydrogen (secondary N) is 1. The summed E-state index contributed by atoms with van der Waals surface area (Å²) in [5.41, 5.74) is 2.39. The van der Waals surface area contributed by atoms with E-state index in [0.717, 1.165) is 18.4 Å². The first-order chi connectivity index (χ1) is 14.6. The highest BCUT2D eigenvalue weighted by Gasteiger charge is 2.14. The summed E-state index contributed by atoms with van der Waals surface area (Å²) in [6.07, 6.45) is 3.10. The van der Waals surface area contributed by atoms with Crippen molar-refractivity contribution in [2.75, 3.05) is 6.54 Å². The van der Waals surface area contributed by atoms with Gasteiger partial charge in [0.15, 0.2) is 0 Å². The predicted molar refractivity (Wildman–Crippen MR) is 117 cm³/mol. The van der Waals surface area contributed by atoms with Crippen LogP contribution in [0.15, 0.2) is 71.1 Å². The van der Waals surface area contributed by atoms with Crippen molar-refractivity contribution in [3.63, 3.8) is 0 Å². The molecule has 152 valence electrons. The molecular formula is C23H20FN3O2S. The average molecular weight is 421 g/mol. The van der Waals surface area contributed by atoms with Crippen molar-refractivity contribution in [1.82, 2.24) is 14.9 Å². The Morgan fingerprint density at radius 1 is 1.10 bits per heavy atom. The molecule has 5 nitrogen and oxygen atoms in total. The molecule has 4 rings (SSSR count). The molecule has 2 aromatic carbocycles. The summed E-state index contributed by atoms with van der Waals surface area (Å²) in [5.74, 6) is -0.567. The van der Waals surface area contributed by atoms with E-state index in [-0.39, 0.29) is 23.8 Å². The lowest BCUT2D eigenvalue weighted by atomic mass is 10.1. The maximum atomic E-state index is 13.2. The van der Waals surface area contributed by atoms with Gasteiger partial charge in [0.1, 0.15) is 17.2 Å². The van der Waals surface area contributed by atoms with Gasteiger partial charge >= 0.3 is 0 Å². The molecule has 4 aromatic rings. The van der Waals surface area contributed by atoms with Gasteiger partial charge in [-0.1, -0.05) is 42.5 Å². The molecule has 0 aliphatic rings.